The molecule has 4 rings (SSSR count). The number of benzene rings is 1. The highest BCUT2D eigenvalue weighted by Gasteiger charge is 2.64. The van der Waals surface area contributed by atoms with Gasteiger partial charge in [-0.3, -0.25) is 9.09 Å². The highest BCUT2D eigenvalue weighted by Crippen LogP contribution is 2.47. The summed E-state index contributed by atoms with van der Waals surface area (Å²) in [5.74, 6) is 0.0196. The van der Waals surface area contributed by atoms with E-state index in [9.17, 15) is 19.0 Å². The van der Waals surface area contributed by atoms with Crippen LogP contribution in [0.1, 0.15) is 18.7 Å². The first kappa shape index (κ1) is 21.5. The van der Waals surface area contributed by atoms with Gasteiger partial charge in [-0.1, -0.05) is 30.3 Å². The number of hydrogen-bond donors (Lipinski definition) is 3. The summed E-state index contributed by atoms with van der Waals surface area (Å²) in [7, 11) is -4.20. The molecule has 2 aromatic rings. The molecule has 31 heavy (non-hydrogen) atoms. The quantitative estimate of drug-likeness (QED) is 0.404. The van der Waals surface area contributed by atoms with E-state index in [1.165, 1.54) is 19.2 Å². The Bertz CT molecular complexity index is 1080. The number of nitrogens with zero attached hydrogens (tertiary/aromatic N) is 2. The van der Waals surface area contributed by atoms with Crippen LogP contribution < -0.4 is 16.5 Å². The van der Waals surface area contributed by atoms with Gasteiger partial charge < -0.3 is 24.8 Å². The van der Waals surface area contributed by atoms with Crippen molar-refractivity contribution in [1.82, 2.24) is 14.6 Å². The number of rotatable bonds is 7. The number of nitrogens with one attached hydrogen (secondary N) is 1. The molecule has 13 heteroatoms. The second kappa shape index (κ2) is 8.06. The molecule has 0 saturated carbocycles. The van der Waals surface area contributed by atoms with E-state index in [0.29, 0.717) is 0 Å². The van der Waals surface area contributed by atoms with Crippen LogP contribution in [0.15, 0.2) is 47.4 Å². The first-order chi connectivity index (χ1) is 14.7. The zero-order valence-corrected chi connectivity index (χ0v) is 17.3. The predicted octanol–water partition coefficient (Wildman–Crippen LogP) is 0.924. The molecule has 4 N–H and O–H groups in total. The minimum absolute atomic E-state index is 0.0196. The first-order valence-electron chi connectivity index (χ1n) is 9.34. The summed E-state index contributed by atoms with van der Waals surface area (Å²) in [5, 5.41) is 2.45. The van der Waals surface area contributed by atoms with Crippen LogP contribution in [-0.4, -0.2) is 45.0 Å². The van der Waals surface area contributed by atoms with Gasteiger partial charge in [-0.25, -0.2) is 19.2 Å². The summed E-state index contributed by atoms with van der Waals surface area (Å²) >= 11 is 0. The Morgan fingerprint density at radius 2 is 2.06 bits per heavy atom. The summed E-state index contributed by atoms with van der Waals surface area (Å²) in [6.07, 6.45) is -2.66. The molecule has 2 fully saturated rings. The maximum Gasteiger partial charge on any atom is 0.509 e. The lowest BCUT2D eigenvalue weighted by molar-refractivity contribution is -0.0930. The van der Waals surface area contributed by atoms with Gasteiger partial charge in [-0.05, 0) is 18.6 Å². The van der Waals surface area contributed by atoms with Crippen molar-refractivity contribution in [3.63, 3.8) is 0 Å². The third-order valence-corrected chi connectivity index (χ3v) is 6.12. The number of carbonyl (C=O) groups excluding carboxylic acids is 1. The number of hydrogen-bond acceptors (Lipinski definition) is 9. The number of anilines is 1. The molecule has 2 aliphatic heterocycles. The molecule has 12 nitrogen and oxygen atoms in total. The second-order valence-electron chi connectivity index (χ2n) is 7.28. The topological polar surface area (TPSA) is 164 Å². The van der Waals surface area contributed by atoms with Crippen LogP contribution >= 0.6 is 7.75 Å². The zero-order chi connectivity index (χ0) is 22.2. The number of carbonyl (C=O) groups is 1. The molecule has 2 unspecified atom stereocenters. The van der Waals surface area contributed by atoms with Crippen molar-refractivity contribution in [3.8, 4) is 0 Å². The van der Waals surface area contributed by atoms with Gasteiger partial charge >= 0.3 is 19.6 Å². The number of nitrogen functional groups attached to an aromatic ring is 1. The molecule has 3 heterocycles. The molecule has 166 valence electrons. The van der Waals surface area contributed by atoms with Crippen molar-refractivity contribution in [2.45, 2.75) is 37.5 Å². The molecule has 1 aromatic heterocycles. The molecule has 0 amide bonds. The number of nitrogens with two attached hydrogens (primary N) is 1. The van der Waals surface area contributed by atoms with Gasteiger partial charge in [0.05, 0.1) is 6.61 Å². The summed E-state index contributed by atoms with van der Waals surface area (Å²) in [6.45, 7) is 1.23. The van der Waals surface area contributed by atoms with E-state index >= 15 is 0 Å². The van der Waals surface area contributed by atoms with Gasteiger partial charge in [0, 0.05) is 12.7 Å². The molecule has 2 aliphatic rings. The fourth-order valence-electron chi connectivity index (χ4n) is 3.57. The Morgan fingerprint density at radius 3 is 2.77 bits per heavy atom. The number of ether oxygens (including phenoxy) is 3. The van der Waals surface area contributed by atoms with E-state index in [-0.39, 0.29) is 12.4 Å². The van der Waals surface area contributed by atoms with E-state index in [0.717, 1.165) is 10.1 Å². The first-order valence-corrected chi connectivity index (χ1v) is 10.9. The molecule has 2 saturated heterocycles. The fraction of sp³-hybridized carbons (Fsp3) is 0.389. The average Bonchev–Trinajstić information content (AvgIpc) is 3.16. The van der Waals surface area contributed by atoms with E-state index in [2.05, 4.69) is 10.1 Å². The smallest absolute Gasteiger partial charge is 0.424 e. The van der Waals surface area contributed by atoms with Gasteiger partial charge in [0.15, 0.2) is 17.9 Å². The van der Waals surface area contributed by atoms with Crippen LogP contribution in [0.4, 0.5) is 10.6 Å². The highest BCUT2D eigenvalue weighted by molar-refractivity contribution is 7.50. The number of fused-ring (bicyclic) bond motifs is 1. The lowest BCUT2D eigenvalue weighted by Crippen LogP contribution is -2.44. The highest BCUT2D eigenvalue weighted by atomic mass is 31.2. The van der Waals surface area contributed by atoms with Crippen molar-refractivity contribution in [1.29, 1.82) is 0 Å². The SMILES string of the molecule is C[C@@]12OC(=O)O[C@@H]1[C@@H](COP(=O)(O)NCc1ccccc1)OC2n1ccc(N)nc1=O. The van der Waals surface area contributed by atoms with Crippen molar-refractivity contribution in [3.05, 3.63) is 58.6 Å². The Labute approximate surface area is 176 Å². The number of aromatic nitrogens is 2. The van der Waals surface area contributed by atoms with Gasteiger partial charge in [0.2, 0.25) is 0 Å². The van der Waals surface area contributed by atoms with Gasteiger partial charge in [-0.2, -0.15) is 4.98 Å². The molecule has 1 aromatic carbocycles. The predicted molar refractivity (Wildman–Crippen MR) is 106 cm³/mol. The maximum atomic E-state index is 12.4. The van der Waals surface area contributed by atoms with E-state index in [1.807, 2.05) is 6.07 Å². The summed E-state index contributed by atoms with van der Waals surface area (Å²) in [4.78, 5) is 37.8. The van der Waals surface area contributed by atoms with Crippen LogP contribution in [-0.2, 0) is 29.8 Å². The average molecular weight is 452 g/mol. The second-order valence-corrected chi connectivity index (χ2v) is 8.90. The van der Waals surface area contributed by atoms with Crippen LogP contribution in [0.25, 0.3) is 0 Å². The fourth-order valence-corrected chi connectivity index (χ4v) is 4.39. The molecular formula is C18H21N4O8P. The Balaban J connectivity index is 1.48. The van der Waals surface area contributed by atoms with Crippen molar-refractivity contribution >= 4 is 19.7 Å². The Kier molecular flexibility index (Phi) is 5.58. The summed E-state index contributed by atoms with van der Waals surface area (Å²) < 4.78 is 35.0. The molecule has 0 aliphatic carbocycles. The van der Waals surface area contributed by atoms with Gasteiger partial charge in [-0.15, -0.1) is 0 Å². The standard InChI is InChI=1S/C18H21N4O8P/c1-18-14(29-17(24)30-18)12(28-15(18)22-8-7-13(19)21-16(22)23)10-27-31(25,26)20-9-11-5-3-2-4-6-11/h2-8,12,14-15H,9-10H2,1H3,(H2,19,21,23)(H2,20,25,26)/t12-,14-,15?,18-/m1/s1. The zero-order valence-electron chi connectivity index (χ0n) is 16.4. The molecular weight excluding hydrogens is 431 g/mol. The molecule has 5 atom stereocenters. The normalized spacial score (nSPS) is 29.1. The Morgan fingerprint density at radius 1 is 1.32 bits per heavy atom. The van der Waals surface area contributed by atoms with Crippen LogP contribution in [0.3, 0.4) is 0 Å². The Hall–Kier alpha value is -2.76. The van der Waals surface area contributed by atoms with Crippen LogP contribution in [0, 0.1) is 0 Å². The van der Waals surface area contributed by atoms with E-state index < -0.39 is 50.2 Å². The maximum absolute atomic E-state index is 12.4. The largest absolute Gasteiger partial charge is 0.509 e. The van der Waals surface area contributed by atoms with Crippen LogP contribution in [0.2, 0.25) is 0 Å². The lowest BCUT2D eigenvalue weighted by Gasteiger charge is -2.26. The molecule has 0 bridgehead atoms. The van der Waals surface area contributed by atoms with E-state index in [4.69, 9.17) is 24.5 Å². The summed E-state index contributed by atoms with van der Waals surface area (Å²) in [6, 6.07) is 10.4. The van der Waals surface area contributed by atoms with Gasteiger partial charge in [0.1, 0.15) is 11.9 Å². The minimum atomic E-state index is -4.20. The van der Waals surface area contributed by atoms with Crippen molar-refractivity contribution in [2.24, 2.45) is 0 Å². The van der Waals surface area contributed by atoms with Crippen molar-refractivity contribution < 1.29 is 33.0 Å². The summed E-state index contributed by atoms with van der Waals surface area (Å²) in [5.41, 5.74) is 4.21. The monoisotopic (exact) mass is 452 g/mol. The van der Waals surface area contributed by atoms with E-state index in [1.54, 1.807) is 24.3 Å². The van der Waals surface area contributed by atoms with Crippen LogP contribution in [0.5, 0.6) is 0 Å². The minimum Gasteiger partial charge on any atom is -0.424 e. The molecule has 0 radical (unpaired) electrons. The van der Waals surface area contributed by atoms with Gasteiger partial charge in [0.25, 0.3) is 0 Å². The molecule has 0 spiro atoms. The lowest BCUT2D eigenvalue weighted by atomic mass is 9.96. The third kappa shape index (κ3) is 4.34. The van der Waals surface area contributed by atoms with Crippen molar-refractivity contribution in [2.75, 3.05) is 12.3 Å². The third-order valence-electron chi connectivity index (χ3n) is 5.07.